The summed E-state index contributed by atoms with van der Waals surface area (Å²) in [4.78, 5) is 12.7. The lowest BCUT2D eigenvalue weighted by molar-refractivity contribution is -0.128. The highest BCUT2D eigenvalue weighted by Gasteiger charge is 2.42. The minimum Gasteiger partial charge on any atom is -0.497 e. The number of hydrogen-bond acceptors (Lipinski definition) is 3. The molecule has 0 saturated carbocycles. The van der Waals surface area contributed by atoms with Gasteiger partial charge in [-0.15, -0.1) is 0 Å². The van der Waals surface area contributed by atoms with Crippen LogP contribution in [0.3, 0.4) is 0 Å². The van der Waals surface area contributed by atoms with Crippen LogP contribution in [-0.4, -0.2) is 38.1 Å². The Morgan fingerprint density at radius 3 is 2.33 bits per heavy atom. The molecule has 1 amide bonds. The summed E-state index contributed by atoms with van der Waals surface area (Å²) in [5.41, 5.74) is -1.41. The van der Waals surface area contributed by atoms with Crippen molar-refractivity contribution in [1.82, 2.24) is 4.90 Å². The Labute approximate surface area is 121 Å². The number of amides is 1. The fourth-order valence-electron chi connectivity index (χ4n) is 2.42. The zero-order chi connectivity index (χ0) is 15.6. The van der Waals surface area contributed by atoms with E-state index in [1.54, 1.807) is 18.2 Å². The van der Waals surface area contributed by atoms with Crippen LogP contribution in [0.4, 0.5) is 8.78 Å². The number of likely N-dealkylation sites (tertiary alicyclic amines) is 1. The molecule has 0 aliphatic carbocycles. The normalized spacial score (nSPS) is 21.2. The first-order valence-electron chi connectivity index (χ1n) is 6.46. The molecule has 1 aromatic carbocycles. The number of halogens is 2. The van der Waals surface area contributed by atoms with Gasteiger partial charge in [0.2, 0.25) is 0 Å². The molecule has 1 aromatic rings. The molecule has 0 radical (unpaired) electrons. The highest BCUT2D eigenvalue weighted by Crippen LogP contribution is 2.39. The zero-order valence-electron chi connectivity index (χ0n) is 12.0. The van der Waals surface area contributed by atoms with E-state index >= 15 is 4.39 Å². The van der Waals surface area contributed by atoms with E-state index in [1.807, 2.05) is 0 Å². The van der Waals surface area contributed by atoms with Gasteiger partial charge in [0.25, 0.3) is 5.91 Å². The van der Waals surface area contributed by atoms with E-state index in [2.05, 4.69) is 6.58 Å². The molecule has 4 nitrogen and oxygen atoms in total. The maximum atomic E-state index is 15.1. The lowest BCUT2D eigenvalue weighted by atomic mass is 9.94. The Hall–Kier alpha value is -2.11. The topological polar surface area (TPSA) is 38.8 Å². The molecule has 1 heterocycles. The summed E-state index contributed by atoms with van der Waals surface area (Å²) in [6.07, 6.45) is 0.0857. The number of carbonyl (C=O) groups excluding carboxylic acids is 1. The van der Waals surface area contributed by atoms with Crippen molar-refractivity contribution in [2.24, 2.45) is 0 Å². The first-order valence-corrected chi connectivity index (χ1v) is 6.46. The van der Waals surface area contributed by atoms with Gasteiger partial charge < -0.3 is 14.4 Å². The molecule has 1 unspecified atom stereocenters. The van der Waals surface area contributed by atoms with Gasteiger partial charge in [0.05, 0.1) is 20.8 Å². The van der Waals surface area contributed by atoms with E-state index < -0.39 is 17.4 Å². The van der Waals surface area contributed by atoms with Crippen molar-refractivity contribution in [3.05, 3.63) is 36.2 Å². The molecule has 0 bridgehead atoms. The highest BCUT2D eigenvalue weighted by molar-refractivity contribution is 5.90. The second kappa shape index (κ2) is 5.71. The second-order valence-corrected chi connectivity index (χ2v) is 4.95. The minimum absolute atomic E-state index is 0.0857. The molecule has 0 aromatic heterocycles. The summed E-state index contributed by atoms with van der Waals surface area (Å²) in [6.45, 7) is 2.87. The molecule has 2 rings (SSSR count). The van der Waals surface area contributed by atoms with Gasteiger partial charge in [-0.25, -0.2) is 8.78 Å². The summed E-state index contributed by atoms with van der Waals surface area (Å²) in [6, 6.07) is 4.75. The Bertz CT molecular complexity index is 554. The van der Waals surface area contributed by atoms with Gasteiger partial charge in [0.1, 0.15) is 11.5 Å². The van der Waals surface area contributed by atoms with Crippen molar-refractivity contribution in [3.63, 3.8) is 0 Å². The van der Waals surface area contributed by atoms with Crippen LogP contribution < -0.4 is 9.47 Å². The van der Waals surface area contributed by atoms with Gasteiger partial charge in [0.15, 0.2) is 11.5 Å². The fourth-order valence-corrected chi connectivity index (χ4v) is 2.42. The van der Waals surface area contributed by atoms with Crippen molar-refractivity contribution < 1.29 is 23.0 Å². The van der Waals surface area contributed by atoms with Gasteiger partial charge in [-0.1, -0.05) is 6.58 Å². The predicted molar refractivity (Wildman–Crippen MR) is 73.8 cm³/mol. The summed E-state index contributed by atoms with van der Waals surface area (Å²) >= 11 is 0. The predicted octanol–water partition coefficient (Wildman–Crippen LogP) is 2.58. The minimum atomic E-state index is -1.76. The van der Waals surface area contributed by atoms with Crippen molar-refractivity contribution in [1.29, 1.82) is 0 Å². The number of benzene rings is 1. The van der Waals surface area contributed by atoms with Crippen LogP contribution in [-0.2, 0) is 10.5 Å². The van der Waals surface area contributed by atoms with Crippen LogP contribution >= 0.6 is 0 Å². The Morgan fingerprint density at radius 1 is 1.29 bits per heavy atom. The van der Waals surface area contributed by atoms with E-state index in [-0.39, 0.29) is 19.5 Å². The lowest BCUT2D eigenvalue weighted by Gasteiger charge is -2.22. The molecule has 6 heteroatoms. The largest absolute Gasteiger partial charge is 0.497 e. The number of rotatable bonds is 4. The lowest BCUT2D eigenvalue weighted by Crippen LogP contribution is -2.32. The van der Waals surface area contributed by atoms with E-state index in [4.69, 9.17) is 9.47 Å². The van der Waals surface area contributed by atoms with Crippen LogP contribution in [0.2, 0.25) is 0 Å². The third-order valence-electron chi connectivity index (χ3n) is 3.61. The maximum absolute atomic E-state index is 15.1. The molecule has 1 atom stereocenters. The van der Waals surface area contributed by atoms with E-state index in [0.717, 1.165) is 4.90 Å². The average Bonchev–Trinajstić information content (AvgIpc) is 2.89. The summed E-state index contributed by atoms with van der Waals surface area (Å²) < 4.78 is 38.2. The fraction of sp³-hybridized carbons (Fsp3) is 0.400. The third-order valence-corrected chi connectivity index (χ3v) is 3.61. The molecule has 21 heavy (non-hydrogen) atoms. The SMILES string of the molecule is C=C(F)C(=O)N1CCC(F)(c2cc(OC)cc(OC)c2)C1. The number of carbonyl (C=O) groups is 1. The molecule has 0 spiro atoms. The molecule has 1 fully saturated rings. The van der Waals surface area contributed by atoms with Gasteiger partial charge in [0, 0.05) is 19.0 Å². The van der Waals surface area contributed by atoms with Crippen LogP contribution in [0.5, 0.6) is 11.5 Å². The van der Waals surface area contributed by atoms with E-state index in [0.29, 0.717) is 17.1 Å². The maximum Gasteiger partial charge on any atom is 0.282 e. The van der Waals surface area contributed by atoms with Gasteiger partial charge >= 0.3 is 0 Å². The molecule has 114 valence electrons. The monoisotopic (exact) mass is 297 g/mol. The van der Waals surface area contributed by atoms with Crippen molar-refractivity contribution in [2.45, 2.75) is 12.1 Å². The molecule has 1 aliphatic rings. The Morgan fingerprint density at radius 2 is 1.86 bits per heavy atom. The quantitative estimate of drug-likeness (QED) is 0.802. The van der Waals surface area contributed by atoms with E-state index in [1.165, 1.54) is 14.2 Å². The smallest absolute Gasteiger partial charge is 0.282 e. The Balaban J connectivity index is 2.29. The van der Waals surface area contributed by atoms with E-state index in [9.17, 15) is 9.18 Å². The highest BCUT2D eigenvalue weighted by atomic mass is 19.1. The van der Waals surface area contributed by atoms with Crippen LogP contribution in [0.1, 0.15) is 12.0 Å². The van der Waals surface area contributed by atoms with Crippen LogP contribution in [0.25, 0.3) is 0 Å². The number of methoxy groups -OCH3 is 2. The van der Waals surface area contributed by atoms with Gasteiger partial charge in [-0.2, -0.15) is 0 Å². The third kappa shape index (κ3) is 2.99. The summed E-state index contributed by atoms with van der Waals surface area (Å²) in [5.74, 6) is -1.03. The molecule has 1 saturated heterocycles. The number of ether oxygens (including phenoxy) is 2. The molecular formula is C15H17F2NO3. The number of nitrogens with zero attached hydrogens (tertiary/aromatic N) is 1. The molecule has 1 aliphatic heterocycles. The average molecular weight is 297 g/mol. The van der Waals surface area contributed by atoms with Gasteiger partial charge in [-0.3, -0.25) is 4.79 Å². The summed E-state index contributed by atoms with van der Waals surface area (Å²) in [7, 11) is 2.95. The van der Waals surface area contributed by atoms with Crippen LogP contribution in [0.15, 0.2) is 30.6 Å². The standard InChI is InChI=1S/C15H17F2NO3/c1-10(16)14(19)18-5-4-15(17,9-18)11-6-12(20-2)8-13(7-11)21-3/h6-8H,1,4-5,9H2,2-3H3. The Kier molecular flexibility index (Phi) is 4.16. The van der Waals surface area contributed by atoms with Crippen molar-refractivity contribution in [3.8, 4) is 11.5 Å². The molecule has 0 N–H and O–H groups in total. The van der Waals surface area contributed by atoms with Crippen molar-refractivity contribution >= 4 is 5.91 Å². The first kappa shape index (κ1) is 15.3. The summed E-state index contributed by atoms with van der Waals surface area (Å²) in [5, 5.41) is 0. The molecular weight excluding hydrogens is 280 g/mol. The van der Waals surface area contributed by atoms with Crippen molar-refractivity contribution in [2.75, 3.05) is 27.3 Å². The zero-order valence-corrected chi connectivity index (χ0v) is 12.0. The van der Waals surface area contributed by atoms with Crippen LogP contribution in [0, 0.1) is 0 Å². The first-order chi connectivity index (χ1) is 9.89. The van der Waals surface area contributed by atoms with Gasteiger partial charge in [-0.05, 0) is 17.7 Å². The number of hydrogen-bond donors (Lipinski definition) is 0. The second-order valence-electron chi connectivity index (χ2n) is 4.95. The number of alkyl halides is 1.